The summed E-state index contributed by atoms with van der Waals surface area (Å²) in [5, 5.41) is 10.8. The molecule has 0 rings (SSSR count). The fourth-order valence-corrected chi connectivity index (χ4v) is 1.31. The van der Waals surface area contributed by atoms with E-state index in [1.54, 1.807) is 7.11 Å². The zero-order valence-electron chi connectivity index (χ0n) is 10.6. The number of carboxylic acids is 1. The van der Waals surface area contributed by atoms with Crippen LogP contribution in [0.15, 0.2) is 0 Å². The molecule has 0 aliphatic carbocycles. The van der Waals surface area contributed by atoms with Gasteiger partial charge in [0.25, 0.3) is 0 Å². The Kier molecular flexibility index (Phi) is 9.37. The van der Waals surface area contributed by atoms with Crippen LogP contribution >= 0.6 is 0 Å². The first kappa shape index (κ1) is 15.9. The molecule has 0 heterocycles. The number of carbonyl (C=O) groups excluding carboxylic acids is 1. The van der Waals surface area contributed by atoms with Crippen LogP contribution in [0.25, 0.3) is 0 Å². The number of carboxylic acid groups (broad SMARTS) is 1. The standard InChI is InChI=1S/C11H22N2O4/c1-3-4-5-13(6-7-17-2)9-10(14)12-8-11(15)16/h3-9H2,1-2H3,(H,12,14)(H,15,16). The molecule has 0 atom stereocenters. The maximum atomic E-state index is 11.4. The molecule has 0 saturated carbocycles. The number of amides is 1. The van der Waals surface area contributed by atoms with E-state index >= 15 is 0 Å². The van der Waals surface area contributed by atoms with Gasteiger partial charge in [0.1, 0.15) is 6.54 Å². The summed E-state index contributed by atoms with van der Waals surface area (Å²) in [6, 6.07) is 0. The Morgan fingerprint density at radius 3 is 2.59 bits per heavy atom. The van der Waals surface area contributed by atoms with E-state index in [9.17, 15) is 9.59 Å². The second kappa shape index (κ2) is 10.0. The lowest BCUT2D eigenvalue weighted by atomic mass is 10.3. The lowest BCUT2D eigenvalue weighted by molar-refractivity contribution is -0.138. The van der Waals surface area contributed by atoms with E-state index in [0.29, 0.717) is 13.2 Å². The van der Waals surface area contributed by atoms with E-state index in [4.69, 9.17) is 9.84 Å². The van der Waals surface area contributed by atoms with Crippen molar-refractivity contribution in [3.63, 3.8) is 0 Å². The summed E-state index contributed by atoms with van der Waals surface area (Å²) in [5.41, 5.74) is 0. The van der Waals surface area contributed by atoms with E-state index in [-0.39, 0.29) is 19.0 Å². The monoisotopic (exact) mass is 246 g/mol. The molecule has 0 aromatic rings. The lowest BCUT2D eigenvalue weighted by Gasteiger charge is -2.20. The molecule has 17 heavy (non-hydrogen) atoms. The van der Waals surface area contributed by atoms with Crippen LogP contribution in [-0.2, 0) is 14.3 Å². The highest BCUT2D eigenvalue weighted by atomic mass is 16.5. The first-order valence-electron chi connectivity index (χ1n) is 5.80. The topological polar surface area (TPSA) is 78.9 Å². The highest BCUT2D eigenvalue weighted by Gasteiger charge is 2.10. The minimum absolute atomic E-state index is 0.219. The summed E-state index contributed by atoms with van der Waals surface area (Å²) in [6.45, 7) is 4.04. The molecule has 6 nitrogen and oxygen atoms in total. The van der Waals surface area contributed by atoms with Crippen LogP contribution in [0.3, 0.4) is 0 Å². The quantitative estimate of drug-likeness (QED) is 0.564. The summed E-state index contributed by atoms with van der Waals surface area (Å²) >= 11 is 0. The minimum Gasteiger partial charge on any atom is -0.480 e. The van der Waals surface area contributed by atoms with Crippen molar-refractivity contribution in [1.82, 2.24) is 10.2 Å². The summed E-state index contributed by atoms with van der Waals surface area (Å²) in [7, 11) is 1.61. The van der Waals surface area contributed by atoms with Crippen LogP contribution in [0, 0.1) is 0 Å². The number of rotatable bonds is 10. The highest BCUT2D eigenvalue weighted by Crippen LogP contribution is 1.95. The van der Waals surface area contributed by atoms with Crippen LogP contribution in [0.5, 0.6) is 0 Å². The Bertz CT molecular complexity index is 226. The Morgan fingerprint density at radius 1 is 1.35 bits per heavy atom. The van der Waals surface area contributed by atoms with Gasteiger partial charge < -0.3 is 15.2 Å². The van der Waals surface area contributed by atoms with Crippen LogP contribution in [0.4, 0.5) is 0 Å². The first-order chi connectivity index (χ1) is 8.10. The van der Waals surface area contributed by atoms with Gasteiger partial charge in [-0.25, -0.2) is 0 Å². The second-order valence-corrected chi connectivity index (χ2v) is 3.79. The van der Waals surface area contributed by atoms with E-state index in [1.807, 2.05) is 4.90 Å². The van der Waals surface area contributed by atoms with Crippen molar-refractivity contribution in [2.45, 2.75) is 19.8 Å². The van der Waals surface area contributed by atoms with Crippen LogP contribution in [-0.4, -0.2) is 61.8 Å². The fraction of sp³-hybridized carbons (Fsp3) is 0.818. The molecule has 6 heteroatoms. The van der Waals surface area contributed by atoms with Gasteiger partial charge in [-0.05, 0) is 13.0 Å². The van der Waals surface area contributed by atoms with Crippen molar-refractivity contribution in [2.75, 3.05) is 39.9 Å². The molecule has 1 amide bonds. The molecule has 0 saturated heterocycles. The van der Waals surface area contributed by atoms with Crippen LogP contribution < -0.4 is 5.32 Å². The molecule has 2 N–H and O–H groups in total. The predicted molar refractivity (Wildman–Crippen MR) is 63.9 cm³/mol. The Labute approximate surface area is 102 Å². The Balaban J connectivity index is 3.93. The fourth-order valence-electron chi connectivity index (χ4n) is 1.31. The number of ether oxygens (including phenoxy) is 1. The number of nitrogens with zero attached hydrogens (tertiary/aromatic N) is 1. The van der Waals surface area contributed by atoms with Gasteiger partial charge in [0.15, 0.2) is 0 Å². The molecule has 0 aromatic carbocycles. The second-order valence-electron chi connectivity index (χ2n) is 3.79. The molecule has 0 aliphatic heterocycles. The average Bonchev–Trinajstić information content (AvgIpc) is 2.30. The van der Waals surface area contributed by atoms with Crippen molar-refractivity contribution in [3.05, 3.63) is 0 Å². The maximum absolute atomic E-state index is 11.4. The van der Waals surface area contributed by atoms with Gasteiger partial charge in [0.2, 0.25) is 5.91 Å². The summed E-state index contributed by atoms with van der Waals surface area (Å²) in [4.78, 5) is 23.7. The molecule has 100 valence electrons. The number of carbonyl (C=O) groups is 2. The maximum Gasteiger partial charge on any atom is 0.322 e. The molecular formula is C11H22N2O4. The van der Waals surface area contributed by atoms with Gasteiger partial charge in [0, 0.05) is 13.7 Å². The van der Waals surface area contributed by atoms with Gasteiger partial charge >= 0.3 is 5.97 Å². The smallest absolute Gasteiger partial charge is 0.322 e. The number of unbranched alkanes of at least 4 members (excludes halogenated alkanes) is 1. The third-order valence-electron chi connectivity index (χ3n) is 2.24. The number of methoxy groups -OCH3 is 1. The summed E-state index contributed by atoms with van der Waals surface area (Å²) in [6.07, 6.45) is 2.07. The van der Waals surface area contributed by atoms with E-state index in [0.717, 1.165) is 19.4 Å². The molecule has 0 unspecified atom stereocenters. The Hall–Kier alpha value is -1.14. The van der Waals surface area contributed by atoms with Crippen molar-refractivity contribution in [3.8, 4) is 0 Å². The molecule has 0 radical (unpaired) electrons. The predicted octanol–water partition coefficient (Wildman–Crippen LogP) is -0.0643. The number of aliphatic carboxylic acids is 1. The van der Waals surface area contributed by atoms with Crippen molar-refractivity contribution >= 4 is 11.9 Å². The van der Waals surface area contributed by atoms with Gasteiger partial charge in [-0.15, -0.1) is 0 Å². The van der Waals surface area contributed by atoms with Crippen LogP contribution in [0.2, 0.25) is 0 Å². The SMILES string of the molecule is CCCCN(CCOC)CC(=O)NCC(=O)O. The molecule has 0 fully saturated rings. The number of hydrogen-bond acceptors (Lipinski definition) is 4. The summed E-state index contributed by atoms with van der Waals surface area (Å²) < 4.78 is 4.96. The molecule has 0 bridgehead atoms. The largest absolute Gasteiger partial charge is 0.480 e. The number of nitrogens with one attached hydrogen (secondary N) is 1. The lowest BCUT2D eigenvalue weighted by Crippen LogP contribution is -2.40. The average molecular weight is 246 g/mol. The Morgan fingerprint density at radius 2 is 2.06 bits per heavy atom. The third-order valence-corrected chi connectivity index (χ3v) is 2.24. The van der Waals surface area contributed by atoms with Crippen molar-refractivity contribution < 1.29 is 19.4 Å². The van der Waals surface area contributed by atoms with Crippen LogP contribution in [0.1, 0.15) is 19.8 Å². The van der Waals surface area contributed by atoms with Gasteiger partial charge in [-0.3, -0.25) is 14.5 Å². The highest BCUT2D eigenvalue weighted by molar-refractivity contribution is 5.82. The minimum atomic E-state index is -1.03. The normalized spacial score (nSPS) is 10.5. The van der Waals surface area contributed by atoms with E-state index < -0.39 is 5.97 Å². The van der Waals surface area contributed by atoms with Crippen molar-refractivity contribution in [2.24, 2.45) is 0 Å². The van der Waals surface area contributed by atoms with E-state index in [2.05, 4.69) is 12.2 Å². The van der Waals surface area contributed by atoms with E-state index in [1.165, 1.54) is 0 Å². The first-order valence-corrected chi connectivity index (χ1v) is 5.80. The molecule has 0 aliphatic rings. The number of hydrogen-bond donors (Lipinski definition) is 2. The molecular weight excluding hydrogens is 224 g/mol. The van der Waals surface area contributed by atoms with Gasteiger partial charge in [-0.1, -0.05) is 13.3 Å². The summed E-state index contributed by atoms with van der Waals surface area (Å²) in [5.74, 6) is -1.30. The van der Waals surface area contributed by atoms with Gasteiger partial charge in [0.05, 0.1) is 13.2 Å². The molecule has 0 spiro atoms. The van der Waals surface area contributed by atoms with Crippen molar-refractivity contribution in [1.29, 1.82) is 0 Å². The molecule has 0 aromatic heterocycles. The zero-order chi connectivity index (χ0) is 13.1. The third kappa shape index (κ3) is 9.77. The zero-order valence-corrected chi connectivity index (χ0v) is 10.6. The van der Waals surface area contributed by atoms with Gasteiger partial charge in [-0.2, -0.15) is 0 Å².